The molecule has 0 radical (unpaired) electrons. The van der Waals surface area contributed by atoms with Crippen molar-refractivity contribution in [3.63, 3.8) is 0 Å². The van der Waals surface area contributed by atoms with Crippen LogP contribution in [0.3, 0.4) is 0 Å². The summed E-state index contributed by atoms with van der Waals surface area (Å²) in [6.07, 6.45) is -9.15. The zero-order valence-corrected chi connectivity index (χ0v) is 16.8. The van der Waals surface area contributed by atoms with Crippen molar-refractivity contribution in [1.82, 2.24) is 0 Å². The van der Waals surface area contributed by atoms with Crippen LogP contribution in [-0.4, -0.2) is 95.2 Å². The first-order valence-corrected chi connectivity index (χ1v) is 9.57. The highest BCUT2D eigenvalue weighted by Crippen LogP contribution is 2.52. The predicted molar refractivity (Wildman–Crippen MR) is 104 cm³/mol. The lowest BCUT2D eigenvalue weighted by molar-refractivity contribution is -0.285. The Kier molecular flexibility index (Phi) is 5.53. The molecule has 2 aromatic carbocycles. The lowest BCUT2D eigenvalue weighted by Gasteiger charge is -2.40. The van der Waals surface area contributed by atoms with Crippen LogP contribution in [0, 0.1) is 0 Å². The largest absolute Gasteiger partial charge is 0.504 e. The summed E-state index contributed by atoms with van der Waals surface area (Å²) in [5.41, 5.74) is -3.19. The van der Waals surface area contributed by atoms with Crippen LogP contribution in [-0.2, 0) is 14.2 Å². The third kappa shape index (κ3) is 3.45. The first kappa shape index (κ1) is 23.2. The van der Waals surface area contributed by atoms with E-state index in [1.807, 2.05) is 0 Å². The fourth-order valence-corrected chi connectivity index (χ4v) is 3.73. The molecule has 2 heterocycles. The van der Waals surface area contributed by atoms with Gasteiger partial charge in [-0.15, -0.1) is 0 Å². The number of phenols is 6. The third-order valence-electron chi connectivity index (χ3n) is 5.48. The average Bonchev–Trinajstić information content (AvgIpc) is 2.79. The number of rotatable bonds is 0. The number of benzene rings is 2. The molecule has 2 aliphatic rings. The van der Waals surface area contributed by atoms with Crippen molar-refractivity contribution in [3.8, 4) is 45.6 Å². The van der Waals surface area contributed by atoms with Gasteiger partial charge in [0.1, 0.15) is 24.9 Å². The van der Waals surface area contributed by atoms with Gasteiger partial charge in [-0.05, 0) is 12.1 Å². The lowest BCUT2D eigenvalue weighted by Crippen LogP contribution is -2.60. The minimum absolute atomic E-state index is 0.572. The number of esters is 2. The second-order valence-corrected chi connectivity index (χ2v) is 7.55. The molecule has 0 aromatic heterocycles. The summed E-state index contributed by atoms with van der Waals surface area (Å²) in [5.74, 6) is -9.67. The first-order chi connectivity index (χ1) is 15.9. The van der Waals surface area contributed by atoms with Crippen molar-refractivity contribution in [2.24, 2.45) is 0 Å². The smallest absolute Gasteiger partial charge is 0.339 e. The molecule has 2 aliphatic heterocycles. The van der Waals surface area contributed by atoms with Crippen LogP contribution in [0.4, 0.5) is 0 Å². The molecule has 14 nitrogen and oxygen atoms in total. The summed E-state index contributed by atoms with van der Waals surface area (Å²) in [6.45, 7) is -0.778. The molecule has 0 amide bonds. The molecule has 34 heavy (non-hydrogen) atoms. The van der Waals surface area contributed by atoms with E-state index in [0.717, 1.165) is 0 Å². The van der Waals surface area contributed by atoms with Gasteiger partial charge in [-0.3, -0.25) is 0 Å². The number of aromatic hydroxyl groups is 6. The van der Waals surface area contributed by atoms with Gasteiger partial charge in [0.25, 0.3) is 0 Å². The standard InChI is InChI=1S/C20H18O14/c21-6-1-4-9(14(26)11(6)23)10-5(2-7(22)12(24)15(10)27)19(30)34-17-13(25)8(3-32-18(4)29)33-20(31)16(17)28/h1-2,8,13,16-17,20-28,31H,3H2. The number of ether oxygens (including phenoxy) is 3. The van der Waals surface area contributed by atoms with Crippen molar-refractivity contribution in [3.05, 3.63) is 23.3 Å². The van der Waals surface area contributed by atoms with Gasteiger partial charge < -0.3 is 60.2 Å². The zero-order chi connectivity index (χ0) is 25.1. The average molecular weight is 482 g/mol. The summed E-state index contributed by atoms with van der Waals surface area (Å²) >= 11 is 0. The maximum Gasteiger partial charge on any atom is 0.339 e. The van der Waals surface area contributed by atoms with E-state index in [-0.39, 0.29) is 0 Å². The molecular formula is C20H18O14. The van der Waals surface area contributed by atoms with Crippen molar-refractivity contribution < 1.29 is 69.8 Å². The van der Waals surface area contributed by atoms with E-state index < -0.39 is 106 Å². The van der Waals surface area contributed by atoms with Crippen molar-refractivity contribution in [1.29, 1.82) is 0 Å². The van der Waals surface area contributed by atoms with E-state index in [2.05, 4.69) is 0 Å². The van der Waals surface area contributed by atoms with Crippen LogP contribution in [0.2, 0.25) is 0 Å². The Bertz CT molecular complexity index is 1190. The molecule has 0 spiro atoms. The summed E-state index contributed by atoms with van der Waals surface area (Å²) in [7, 11) is 0. The Morgan fingerprint density at radius 1 is 0.706 bits per heavy atom. The number of aliphatic hydroxyl groups is 3. The molecule has 4 rings (SSSR count). The Morgan fingerprint density at radius 2 is 1.21 bits per heavy atom. The highest BCUT2D eigenvalue weighted by atomic mass is 16.7. The van der Waals surface area contributed by atoms with Gasteiger partial charge in [-0.2, -0.15) is 0 Å². The number of fused-ring (bicyclic) bond motifs is 5. The number of hydrogen-bond acceptors (Lipinski definition) is 14. The second-order valence-electron chi connectivity index (χ2n) is 7.55. The maximum atomic E-state index is 13.0. The Hall–Kier alpha value is -3.98. The van der Waals surface area contributed by atoms with Crippen LogP contribution in [0.25, 0.3) is 11.1 Å². The van der Waals surface area contributed by atoms with Crippen LogP contribution in [0.1, 0.15) is 20.7 Å². The van der Waals surface area contributed by atoms with E-state index >= 15 is 0 Å². The van der Waals surface area contributed by atoms with Gasteiger partial charge in [0.15, 0.2) is 35.4 Å². The fraction of sp³-hybridized carbons (Fsp3) is 0.300. The predicted octanol–water partition coefficient (Wildman–Crippen LogP) is -1.28. The molecule has 0 saturated carbocycles. The highest BCUT2D eigenvalue weighted by Gasteiger charge is 2.47. The van der Waals surface area contributed by atoms with Gasteiger partial charge in [0, 0.05) is 11.1 Å². The van der Waals surface area contributed by atoms with Gasteiger partial charge in [-0.1, -0.05) is 0 Å². The minimum Gasteiger partial charge on any atom is -0.504 e. The summed E-state index contributed by atoms with van der Waals surface area (Å²) < 4.78 is 15.1. The quantitative estimate of drug-likeness (QED) is 0.157. The molecule has 1 saturated heterocycles. The van der Waals surface area contributed by atoms with Gasteiger partial charge in [0.05, 0.1) is 11.1 Å². The summed E-state index contributed by atoms with van der Waals surface area (Å²) in [4.78, 5) is 25.8. The van der Waals surface area contributed by atoms with E-state index in [0.29, 0.717) is 12.1 Å². The Balaban J connectivity index is 2.04. The summed E-state index contributed by atoms with van der Waals surface area (Å²) in [5, 5.41) is 91.4. The zero-order valence-electron chi connectivity index (χ0n) is 16.8. The second kappa shape index (κ2) is 8.11. The Labute approximate surface area is 188 Å². The molecular weight excluding hydrogens is 464 g/mol. The normalized spacial score (nSPS) is 26.9. The number of carbonyl (C=O) groups is 2. The van der Waals surface area contributed by atoms with Gasteiger partial charge >= 0.3 is 11.9 Å². The van der Waals surface area contributed by atoms with E-state index in [1.54, 1.807) is 0 Å². The molecule has 2 bridgehead atoms. The fourth-order valence-electron chi connectivity index (χ4n) is 3.73. The third-order valence-corrected chi connectivity index (χ3v) is 5.48. The SMILES string of the molecule is O=C1OCC2OC(O)C(O)C(OC(=O)c3cc(O)c(O)c(O)c3-c3c1cc(O)c(O)c3O)C2O. The number of aliphatic hydroxyl groups excluding tert-OH is 3. The summed E-state index contributed by atoms with van der Waals surface area (Å²) in [6, 6.07) is 1.19. The minimum atomic E-state index is -1.98. The van der Waals surface area contributed by atoms with Crippen LogP contribution in [0.5, 0.6) is 34.5 Å². The van der Waals surface area contributed by atoms with Crippen molar-refractivity contribution >= 4 is 11.9 Å². The van der Waals surface area contributed by atoms with Crippen molar-refractivity contribution in [2.75, 3.05) is 6.61 Å². The van der Waals surface area contributed by atoms with E-state index in [4.69, 9.17) is 14.2 Å². The number of hydrogen-bond donors (Lipinski definition) is 9. The Morgan fingerprint density at radius 3 is 1.74 bits per heavy atom. The maximum absolute atomic E-state index is 13.0. The first-order valence-electron chi connectivity index (χ1n) is 9.57. The molecule has 0 aliphatic carbocycles. The number of carbonyl (C=O) groups excluding carboxylic acids is 2. The molecule has 14 heteroatoms. The molecule has 2 aromatic rings. The molecule has 182 valence electrons. The van der Waals surface area contributed by atoms with E-state index in [9.17, 15) is 55.5 Å². The van der Waals surface area contributed by atoms with Crippen LogP contribution < -0.4 is 0 Å². The highest BCUT2D eigenvalue weighted by molar-refractivity contribution is 6.08. The monoisotopic (exact) mass is 482 g/mol. The van der Waals surface area contributed by atoms with Gasteiger partial charge in [0.2, 0.25) is 11.5 Å². The lowest BCUT2D eigenvalue weighted by atomic mass is 9.91. The van der Waals surface area contributed by atoms with Gasteiger partial charge in [-0.25, -0.2) is 9.59 Å². The molecule has 5 atom stereocenters. The van der Waals surface area contributed by atoms with Crippen molar-refractivity contribution in [2.45, 2.75) is 30.7 Å². The van der Waals surface area contributed by atoms with Crippen LogP contribution >= 0.6 is 0 Å². The molecule has 5 unspecified atom stereocenters. The number of phenolic OH excluding ortho intramolecular Hbond substituents is 6. The molecule has 1 fully saturated rings. The topological polar surface area (TPSA) is 244 Å². The number of cyclic esters (lactones) is 1. The molecule has 9 N–H and O–H groups in total. The van der Waals surface area contributed by atoms with E-state index in [1.165, 1.54) is 0 Å². The van der Waals surface area contributed by atoms with Crippen LogP contribution in [0.15, 0.2) is 12.1 Å².